The maximum Gasteiger partial charge on any atom is 0.335 e. The molecule has 0 saturated carbocycles. The smallest absolute Gasteiger partial charge is 0.335 e. The molecular formula is C30H30N4O5. The minimum Gasteiger partial charge on any atom is -0.486 e. The van der Waals surface area contributed by atoms with E-state index in [2.05, 4.69) is 39.6 Å². The van der Waals surface area contributed by atoms with Crippen molar-refractivity contribution in [1.82, 2.24) is 9.80 Å². The zero-order valence-electron chi connectivity index (χ0n) is 21.7. The Hall–Kier alpha value is -4.34. The van der Waals surface area contributed by atoms with Crippen molar-refractivity contribution in [3.63, 3.8) is 0 Å². The van der Waals surface area contributed by atoms with Gasteiger partial charge in [-0.05, 0) is 55.1 Å². The number of hydrogen-bond acceptors (Lipinski definition) is 7. The van der Waals surface area contributed by atoms with E-state index >= 15 is 0 Å². The molecule has 9 nitrogen and oxygen atoms in total. The van der Waals surface area contributed by atoms with Crippen LogP contribution in [0, 0.1) is 0 Å². The molecule has 39 heavy (non-hydrogen) atoms. The zero-order chi connectivity index (χ0) is 26.9. The predicted molar refractivity (Wildman–Crippen MR) is 149 cm³/mol. The van der Waals surface area contributed by atoms with Gasteiger partial charge >= 0.3 is 5.97 Å². The number of amides is 1. The Balaban J connectivity index is 1.35. The number of carboxylic acid groups (broad SMARTS) is 1. The number of carbonyl (C=O) groups excluding carboxylic acids is 1. The molecule has 0 atom stereocenters. The summed E-state index contributed by atoms with van der Waals surface area (Å²) in [6.07, 6.45) is 0. The molecule has 1 amide bonds. The predicted octanol–water partition coefficient (Wildman–Crippen LogP) is 3.84. The Labute approximate surface area is 226 Å². The van der Waals surface area contributed by atoms with Gasteiger partial charge in [0.1, 0.15) is 13.2 Å². The van der Waals surface area contributed by atoms with Crippen LogP contribution in [0.15, 0.2) is 60.7 Å². The molecule has 3 aromatic rings. The Kier molecular flexibility index (Phi) is 6.68. The van der Waals surface area contributed by atoms with E-state index < -0.39 is 5.97 Å². The third kappa shape index (κ3) is 5.19. The summed E-state index contributed by atoms with van der Waals surface area (Å²) in [6, 6.07) is 18.5. The Morgan fingerprint density at radius 2 is 1.64 bits per heavy atom. The largest absolute Gasteiger partial charge is 0.486 e. The highest BCUT2D eigenvalue weighted by molar-refractivity contribution is 6.37. The molecule has 1 fully saturated rings. The van der Waals surface area contributed by atoms with Crippen molar-refractivity contribution in [3.05, 3.63) is 82.9 Å². The summed E-state index contributed by atoms with van der Waals surface area (Å²) in [6.45, 7) is 6.08. The van der Waals surface area contributed by atoms with Crippen LogP contribution in [0.4, 0.5) is 11.4 Å². The van der Waals surface area contributed by atoms with Crippen molar-refractivity contribution in [2.75, 3.05) is 57.1 Å². The molecule has 6 rings (SSSR count). The number of likely N-dealkylation sites (N-methyl/N-ethyl adjacent to an activating group) is 1. The summed E-state index contributed by atoms with van der Waals surface area (Å²) in [5.74, 6) is -0.0889. The first-order valence-electron chi connectivity index (χ1n) is 13.0. The lowest BCUT2D eigenvalue weighted by atomic mass is 9.98. The second-order valence-electron chi connectivity index (χ2n) is 10.0. The fourth-order valence-corrected chi connectivity index (χ4v) is 5.13. The SMILES string of the molecule is CN1CCN(Cc2ccc(NC(=C3C(=O)Nc4cc(C(=O)O)ccc43)c3ccc4c(c3)OCCO4)cc2)CC1. The van der Waals surface area contributed by atoms with E-state index in [1.54, 1.807) is 6.07 Å². The first-order chi connectivity index (χ1) is 18.9. The van der Waals surface area contributed by atoms with Crippen LogP contribution in [0.25, 0.3) is 11.3 Å². The lowest BCUT2D eigenvalue weighted by Gasteiger charge is -2.32. The van der Waals surface area contributed by atoms with Crippen LogP contribution in [0.5, 0.6) is 11.5 Å². The molecule has 0 aliphatic carbocycles. The van der Waals surface area contributed by atoms with E-state index in [0.717, 1.165) is 44.0 Å². The molecule has 3 aromatic carbocycles. The first-order valence-corrected chi connectivity index (χ1v) is 13.0. The summed E-state index contributed by atoms with van der Waals surface area (Å²) >= 11 is 0. The highest BCUT2D eigenvalue weighted by Crippen LogP contribution is 2.40. The highest BCUT2D eigenvalue weighted by Gasteiger charge is 2.30. The lowest BCUT2D eigenvalue weighted by Crippen LogP contribution is -2.43. The molecule has 3 heterocycles. The maximum absolute atomic E-state index is 13.3. The molecule has 1 saturated heterocycles. The fourth-order valence-electron chi connectivity index (χ4n) is 5.13. The van der Waals surface area contributed by atoms with E-state index in [1.807, 2.05) is 30.3 Å². The van der Waals surface area contributed by atoms with Crippen LogP contribution >= 0.6 is 0 Å². The summed E-state index contributed by atoms with van der Waals surface area (Å²) in [5, 5.41) is 15.7. The van der Waals surface area contributed by atoms with Gasteiger partial charge in [-0.2, -0.15) is 0 Å². The molecule has 200 valence electrons. The minimum atomic E-state index is -1.05. The number of piperazine rings is 1. The number of nitrogens with one attached hydrogen (secondary N) is 2. The van der Waals surface area contributed by atoms with E-state index in [1.165, 1.54) is 17.7 Å². The van der Waals surface area contributed by atoms with Gasteiger partial charge in [-0.3, -0.25) is 9.69 Å². The standard InChI is InChI=1S/C30H30N4O5/c1-33-10-12-34(13-11-33)18-19-2-6-22(7-3-19)31-28(20-5-9-25-26(17-20)39-15-14-38-25)27-23-8-4-21(30(36)37)16-24(23)32-29(27)35/h2-9,16-17,31H,10-15,18H2,1H3,(H,32,35)(H,36,37). The van der Waals surface area contributed by atoms with Gasteiger partial charge in [-0.25, -0.2) is 4.79 Å². The van der Waals surface area contributed by atoms with Gasteiger partial charge in [0, 0.05) is 49.5 Å². The summed E-state index contributed by atoms with van der Waals surface area (Å²) in [5.41, 5.74) is 5.05. The monoisotopic (exact) mass is 526 g/mol. The molecule has 0 radical (unpaired) electrons. The van der Waals surface area contributed by atoms with Crippen LogP contribution in [0.3, 0.4) is 0 Å². The first kappa shape index (κ1) is 25.0. The van der Waals surface area contributed by atoms with Crippen LogP contribution in [-0.4, -0.2) is 73.2 Å². The van der Waals surface area contributed by atoms with Crippen molar-refractivity contribution in [1.29, 1.82) is 0 Å². The zero-order valence-corrected chi connectivity index (χ0v) is 21.7. The van der Waals surface area contributed by atoms with Crippen LogP contribution in [0.2, 0.25) is 0 Å². The van der Waals surface area contributed by atoms with Crippen molar-refractivity contribution >= 4 is 34.5 Å². The van der Waals surface area contributed by atoms with Gasteiger partial charge in [0.2, 0.25) is 0 Å². The second kappa shape index (κ2) is 10.4. The van der Waals surface area contributed by atoms with Gasteiger partial charge in [0.25, 0.3) is 5.91 Å². The van der Waals surface area contributed by atoms with E-state index in [0.29, 0.717) is 47.2 Å². The highest BCUT2D eigenvalue weighted by atomic mass is 16.6. The van der Waals surface area contributed by atoms with Crippen LogP contribution in [-0.2, 0) is 11.3 Å². The van der Waals surface area contributed by atoms with Crippen molar-refractivity contribution in [3.8, 4) is 11.5 Å². The van der Waals surface area contributed by atoms with Gasteiger partial charge in [0.15, 0.2) is 11.5 Å². The van der Waals surface area contributed by atoms with Gasteiger partial charge in [0.05, 0.1) is 22.5 Å². The molecule has 0 unspecified atom stereocenters. The third-order valence-corrected chi connectivity index (χ3v) is 7.32. The number of carboxylic acids is 1. The summed E-state index contributed by atoms with van der Waals surface area (Å²) < 4.78 is 11.5. The second-order valence-corrected chi connectivity index (χ2v) is 10.0. The summed E-state index contributed by atoms with van der Waals surface area (Å²) in [7, 11) is 2.15. The topological polar surface area (TPSA) is 103 Å². The van der Waals surface area contributed by atoms with Gasteiger partial charge in [-0.1, -0.05) is 18.2 Å². The normalized spacial score (nSPS) is 18.3. The average Bonchev–Trinajstić information content (AvgIpc) is 3.28. The van der Waals surface area contributed by atoms with E-state index in [-0.39, 0.29) is 11.5 Å². The molecule has 3 aliphatic rings. The number of aromatic carboxylic acids is 1. The van der Waals surface area contributed by atoms with Gasteiger partial charge in [-0.15, -0.1) is 0 Å². The minimum absolute atomic E-state index is 0.111. The maximum atomic E-state index is 13.3. The van der Waals surface area contributed by atoms with Crippen LogP contribution in [0.1, 0.15) is 27.0 Å². The summed E-state index contributed by atoms with van der Waals surface area (Å²) in [4.78, 5) is 29.6. The molecule has 3 N–H and O–H groups in total. The quantitative estimate of drug-likeness (QED) is 0.417. The Morgan fingerprint density at radius 1 is 0.923 bits per heavy atom. The molecule has 9 heteroatoms. The van der Waals surface area contributed by atoms with Crippen molar-refractivity contribution < 1.29 is 24.2 Å². The average molecular weight is 527 g/mol. The Morgan fingerprint density at radius 3 is 2.38 bits per heavy atom. The number of fused-ring (bicyclic) bond motifs is 2. The number of hydrogen-bond donors (Lipinski definition) is 3. The number of anilines is 2. The number of rotatable bonds is 6. The number of carbonyl (C=O) groups is 2. The van der Waals surface area contributed by atoms with Crippen LogP contribution < -0.4 is 20.1 Å². The number of nitrogens with zero attached hydrogens (tertiary/aromatic N) is 2. The molecule has 0 spiro atoms. The molecule has 0 bridgehead atoms. The van der Waals surface area contributed by atoms with Gasteiger partial charge < -0.3 is 30.1 Å². The fraction of sp³-hybridized carbons (Fsp3) is 0.267. The molecular weight excluding hydrogens is 496 g/mol. The van der Waals surface area contributed by atoms with E-state index in [4.69, 9.17) is 9.47 Å². The number of benzene rings is 3. The lowest BCUT2D eigenvalue weighted by molar-refractivity contribution is -0.110. The van der Waals surface area contributed by atoms with E-state index in [9.17, 15) is 14.7 Å². The van der Waals surface area contributed by atoms with Crippen molar-refractivity contribution in [2.45, 2.75) is 6.54 Å². The third-order valence-electron chi connectivity index (χ3n) is 7.32. The van der Waals surface area contributed by atoms with Crippen molar-refractivity contribution in [2.24, 2.45) is 0 Å². The Bertz CT molecular complexity index is 1460. The molecule has 0 aromatic heterocycles. The number of ether oxygens (including phenoxy) is 2. The molecule has 3 aliphatic heterocycles.